The average Bonchev–Trinajstić information content (AvgIpc) is 2.65. The van der Waals surface area contributed by atoms with Crippen LogP contribution in [0, 0.1) is 0 Å². The standard InChI is InChI=1S/C19H18O7/c1-22-10-5-4-9-6-11-15-13(8-14(23-2)18(24-3)16(15)20)26-19(21)17(11)25-12(9)7-10/h4-5,7-8,19-21H,6H2,1-3H3. The number of hydrogen-bond donors (Lipinski definition) is 2. The first-order valence-corrected chi connectivity index (χ1v) is 7.98. The first kappa shape index (κ1) is 16.4. The van der Waals surface area contributed by atoms with Crippen molar-refractivity contribution in [3.8, 4) is 34.5 Å². The highest BCUT2D eigenvalue weighted by atomic mass is 16.6. The van der Waals surface area contributed by atoms with Crippen molar-refractivity contribution in [2.45, 2.75) is 12.7 Å². The van der Waals surface area contributed by atoms with Crippen LogP contribution >= 0.6 is 0 Å². The van der Waals surface area contributed by atoms with Crippen LogP contribution in [-0.2, 0) is 6.42 Å². The molecule has 0 aliphatic carbocycles. The van der Waals surface area contributed by atoms with E-state index in [-0.39, 0.29) is 17.3 Å². The molecule has 0 saturated heterocycles. The Labute approximate surface area is 149 Å². The Hall–Kier alpha value is -3.06. The molecule has 2 heterocycles. The summed E-state index contributed by atoms with van der Waals surface area (Å²) in [5.74, 6) is 2.14. The molecule has 1 unspecified atom stereocenters. The molecule has 0 saturated carbocycles. The summed E-state index contributed by atoms with van der Waals surface area (Å²) < 4.78 is 27.1. The van der Waals surface area contributed by atoms with E-state index in [9.17, 15) is 10.2 Å². The number of phenols is 1. The molecule has 136 valence electrons. The predicted molar refractivity (Wildman–Crippen MR) is 92.1 cm³/mol. The third-order valence-corrected chi connectivity index (χ3v) is 4.53. The Morgan fingerprint density at radius 1 is 1.04 bits per heavy atom. The summed E-state index contributed by atoms with van der Waals surface area (Å²) in [6, 6.07) is 7.04. The van der Waals surface area contributed by atoms with E-state index in [0.29, 0.717) is 40.6 Å². The molecule has 0 bridgehead atoms. The van der Waals surface area contributed by atoms with Crippen LogP contribution in [0.15, 0.2) is 30.0 Å². The topological polar surface area (TPSA) is 86.6 Å². The van der Waals surface area contributed by atoms with Gasteiger partial charge in [0, 0.05) is 24.1 Å². The highest BCUT2D eigenvalue weighted by molar-refractivity contribution is 5.84. The molecule has 2 aliphatic rings. The summed E-state index contributed by atoms with van der Waals surface area (Å²) in [6.07, 6.45) is -0.847. The van der Waals surface area contributed by atoms with Crippen molar-refractivity contribution >= 4 is 5.57 Å². The lowest BCUT2D eigenvalue weighted by molar-refractivity contribution is -0.0158. The van der Waals surface area contributed by atoms with Crippen LogP contribution in [0.3, 0.4) is 0 Å². The molecular weight excluding hydrogens is 340 g/mol. The molecule has 2 aliphatic heterocycles. The lowest BCUT2D eigenvalue weighted by Gasteiger charge is -2.32. The van der Waals surface area contributed by atoms with Gasteiger partial charge in [0.2, 0.25) is 5.75 Å². The number of rotatable bonds is 3. The molecule has 2 aromatic rings. The van der Waals surface area contributed by atoms with E-state index in [1.54, 1.807) is 19.2 Å². The smallest absolute Gasteiger partial charge is 0.257 e. The second-order valence-corrected chi connectivity index (χ2v) is 5.90. The second-order valence-electron chi connectivity index (χ2n) is 5.90. The Morgan fingerprint density at radius 2 is 1.85 bits per heavy atom. The molecule has 2 aromatic carbocycles. The molecule has 0 aromatic heterocycles. The van der Waals surface area contributed by atoms with Gasteiger partial charge in [0.25, 0.3) is 6.29 Å². The van der Waals surface area contributed by atoms with Crippen molar-refractivity contribution in [1.29, 1.82) is 0 Å². The largest absolute Gasteiger partial charge is 0.504 e. The number of aliphatic hydroxyl groups excluding tert-OH is 1. The fraction of sp³-hybridized carbons (Fsp3) is 0.263. The zero-order chi connectivity index (χ0) is 18.4. The molecule has 7 heteroatoms. The van der Waals surface area contributed by atoms with Gasteiger partial charge in [0.1, 0.15) is 17.2 Å². The highest BCUT2D eigenvalue weighted by Gasteiger charge is 2.37. The number of aromatic hydroxyl groups is 1. The molecule has 2 N–H and O–H groups in total. The summed E-state index contributed by atoms with van der Waals surface area (Å²) in [7, 11) is 4.47. The van der Waals surface area contributed by atoms with Crippen molar-refractivity contribution in [3.63, 3.8) is 0 Å². The predicted octanol–water partition coefficient (Wildman–Crippen LogP) is 2.48. The van der Waals surface area contributed by atoms with Crippen LogP contribution < -0.4 is 23.7 Å². The van der Waals surface area contributed by atoms with Crippen LogP contribution in [0.5, 0.6) is 34.5 Å². The van der Waals surface area contributed by atoms with Gasteiger partial charge in [0.15, 0.2) is 17.3 Å². The Morgan fingerprint density at radius 3 is 2.54 bits per heavy atom. The second kappa shape index (κ2) is 6.03. The highest BCUT2D eigenvalue weighted by Crippen LogP contribution is 2.52. The number of methoxy groups -OCH3 is 3. The number of phenolic OH excluding ortho intramolecular Hbond substituents is 1. The Balaban J connectivity index is 1.88. The van der Waals surface area contributed by atoms with Gasteiger partial charge in [-0.3, -0.25) is 0 Å². The van der Waals surface area contributed by atoms with Crippen LogP contribution in [-0.4, -0.2) is 37.8 Å². The zero-order valence-corrected chi connectivity index (χ0v) is 14.5. The summed E-state index contributed by atoms with van der Waals surface area (Å²) in [6.45, 7) is 0. The Kier molecular flexibility index (Phi) is 3.81. The summed E-state index contributed by atoms with van der Waals surface area (Å²) in [5.41, 5.74) is 1.96. The molecule has 4 rings (SSSR count). The normalized spacial score (nSPS) is 17.3. The summed E-state index contributed by atoms with van der Waals surface area (Å²) in [5, 5.41) is 21.1. The van der Waals surface area contributed by atoms with Crippen LogP contribution in [0.25, 0.3) is 5.57 Å². The van der Waals surface area contributed by atoms with Crippen molar-refractivity contribution in [2.75, 3.05) is 21.3 Å². The number of benzene rings is 2. The molecule has 0 radical (unpaired) electrons. The maximum absolute atomic E-state index is 10.7. The maximum atomic E-state index is 10.7. The van der Waals surface area contributed by atoms with Crippen LogP contribution in [0.4, 0.5) is 0 Å². The van der Waals surface area contributed by atoms with Crippen LogP contribution in [0.2, 0.25) is 0 Å². The van der Waals surface area contributed by atoms with E-state index < -0.39 is 6.29 Å². The average molecular weight is 358 g/mol. The molecular formula is C19H18O7. The summed E-state index contributed by atoms with van der Waals surface area (Å²) >= 11 is 0. The number of allylic oxidation sites excluding steroid dienone is 1. The third-order valence-electron chi connectivity index (χ3n) is 4.53. The number of ether oxygens (including phenoxy) is 5. The van der Waals surface area contributed by atoms with Gasteiger partial charge in [-0.1, -0.05) is 6.07 Å². The third kappa shape index (κ3) is 2.32. The zero-order valence-electron chi connectivity index (χ0n) is 14.5. The minimum absolute atomic E-state index is 0.123. The molecule has 0 fully saturated rings. The van der Waals surface area contributed by atoms with E-state index in [4.69, 9.17) is 23.7 Å². The molecule has 1 atom stereocenters. The van der Waals surface area contributed by atoms with Crippen molar-refractivity contribution in [1.82, 2.24) is 0 Å². The number of hydrogen-bond acceptors (Lipinski definition) is 7. The van der Waals surface area contributed by atoms with Gasteiger partial charge in [-0.15, -0.1) is 0 Å². The fourth-order valence-corrected chi connectivity index (χ4v) is 3.28. The Bertz CT molecular complexity index is 917. The first-order valence-electron chi connectivity index (χ1n) is 7.98. The molecule has 7 nitrogen and oxygen atoms in total. The van der Waals surface area contributed by atoms with Gasteiger partial charge >= 0.3 is 0 Å². The fourth-order valence-electron chi connectivity index (χ4n) is 3.28. The van der Waals surface area contributed by atoms with Crippen molar-refractivity contribution in [2.24, 2.45) is 0 Å². The monoisotopic (exact) mass is 358 g/mol. The molecule has 0 spiro atoms. The van der Waals surface area contributed by atoms with E-state index in [1.807, 2.05) is 12.1 Å². The van der Waals surface area contributed by atoms with Gasteiger partial charge in [-0.2, -0.15) is 0 Å². The first-order chi connectivity index (χ1) is 12.6. The molecule has 0 amide bonds. The number of fused-ring (bicyclic) bond motifs is 3. The van der Waals surface area contributed by atoms with Crippen molar-refractivity contribution < 1.29 is 33.9 Å². The van der Waals surface area contributed by atoms with Gasteiger partial charge in [0.05, 0.1) is 26.9 Å². The van der Waals surface area contributed by atoms with Crippen LogP contribution in [0.1, 0.15) is 11.1 Å². The van der Waals surface area contributed by atoms with E-state index in [1.165, 1.54) is 14.2 Å². The van der Waals surface area contributed by atoms with Gasteiger partial charge < -0.3 is 33.9 Å². The lowest BCUT2D eigenvalue weighted by atomic mass is 9.91. The maximum Gasteiger partial charge on any atom is 0.257 e. The van der Waals surface area contributed by atoms with E-state index >= 15 is 0 Å². The lowest BCUT2D eigenvalue weighted by Crippen LogP contribution is -2.30. The SMILES string of the molecule is COc1ccc2c(c1)OC1=C(C2)c2c(cc(OC)c(OC)c2O)OC1O. The minimum atomic E-state index is -1.30. The van der Waals surface area contributed by atoms with Crippen molar-refractivity contribution in [3.05, 3.63) is 41.2 Å². The quantitative estimate of drug-likeness (QED) is 0.872. The molecule has 26 heavy (non-hydrogen) atoms. The minimum Gasteiger partial charge on any atom is -0.504 e. The number of aliphatic hydroxyl groups is 1. The van der Waals surface area contributed by atoms with E-state index in [0.717, 1.165) is 5.56 Å². The van der Waals surface area contributed by atoms with Gasteiger partial charge in [-0.25, -0.2) is 0 Å². The summed E-state index contributed by atoms with van der Waals surface area (Å²) in [4.78, 5) is 0. The van der Waals surface area contributed by atoms with E-state index in [2.05, 4.69) is 0 Å². The van der Waals surface area contributed by atoms with Gasteiger partial charge in [-0.05, 0) is 11.6 Å².